The van der Waals surface area contributed by atoms with E-state index in [1.807, 2.05) is 20.8 Å². The largest absolute Gasteiger partial charge is 0.399 e. The van der Waals surface area contributed by atoms with Crippen molar-refractivity contribution in [2.75, 3.05) is 5.73 Å². The highest BCUT2D eigenvalue weighted by Crippen LogP contribution is 2.23. The molecule has 2 aromatic carbocycles. The van der Waals surface area contributed by atoms with Crippen LogP contribution in [-0.4, -0.2) is 24.1 Å². The molecule has 0 atom stereocenters. The molecular weight excluding hydrogens is 436 g/mol. The number of hydrogen-bond acceptors (Lipinski definition) is 5. The smallest absolute Gasteiger partial charge is 0.283 e. The van der Waals surface area contributed by atoms with Crippen LogP contribution in [0.1, 0.15) is 59.2 Å². The molecule has 0 spiro atoms. The van der Waals surface area contributed by atoms with Crippen molar-refractivity contribution >= 4 is 21.6 Å². The van der Waals surface area contributed by atoms with Crippen LogP contribution in [-0.2, 0) is 28.4 Å². The number of anilines is 1. The summed E-state index contributed by atoms with van der Waals surface area (Å²) in [6.07, 6.45) is 0.672. The fraction of sp³-hybridized carbons (Fsp3) is 0.360. The minimum atomic E-state index is -4.08. The van der Waals surface area contributed by atoms with Gasteiger partial charge in [-0.2, -0.15) is 5.10 Å². The number of nitrogens with two attached hydrogens (primary N) is 1. The normalized spacial score (nSPS) is 12.1. The predicted molar refractivity (Wildman–Crippen MR) is 131 cm³/mol. The van der Waals surface area contributed by atoms with Gasteiger partial charge in [0.2, 0.25) is 0 Å². The van der Waals surface area contributed by atoms with Gasteiger partial charge in [0, 0.05) is 17.6 Å². The minimum Gasteiger partial charge on any atom is -0.399 e. The highest BCUT2D eigenvalue weighted by molar-refractivity contribution is 7.90. The fourth-order valence-electron chi connectivity index (χ4n) is 3.87. The molecule has 1 aromatic heterocycles. The number of aryl methyl sites for hydroxylation is 4. The zero-order valence-corrected chi connectivity index (χ0v) is 20.9. The SMILES string of the molecule is Cc1cc(C)c(CCn2nc(C(C)(C)C)cc2C(=O)NS(=O)(=O)c2cccc(N)c2)c(C)c1. The summed E-state index contributed by atoms with van der Waals surface area (Å²) in [5.74, 6) is -0.724. The van der Waals surface area contributed by atoms with Gasteiger partial charge < -0.3 is 5.73 Å². The molecule has 1 amide bonds. The third kappa shape index (κ3) is 5.63. The Morgan fingerprint density at radius 2 is 1.70 bits per heavy atom. The average molecular weight is 469 g/mol. The lowest BCUT2D eigenvalue weighted by Gasteiger charge is -2.15. The Morgan fingerprint density at radius 3 is 2.27 bits per heavy atom. The molecule has 176 valence electrons. The molecule has 7 nitrogen and oxygen atoms in total. The van der Waals surface area contributed by atoms with Gasteiger partial charge in [0.1, 0.15) is 5.69 Å². The van der Waals surface area contributed by atoms with Crippen molar-refractivity contribution < 1.29 is 13.2 Å². The van der Waals surface area contributed by atoms with Gasteiger partial charge in [-0.05, 0) is 68.1 Å². The molecule has 0 saturated carbocycles. The van der Waals surface area contributed by atoms with Gasteiger partial charge in [-0.1, -0.05) is 44.5 Å². The number of amides is 1. The van der Waals surface area contributed by atoms with Gasteiger partial charge in [-0.25, -0.2) is 13.1 Å². The van der Waals surface area contributed by atoms with E-state index >= 15 is 0 Å². The lowest BCUT2D eigenvalue weighted by molar-refractivity contribution is 0.0970. The molecular formula is C25H32N4O3S. The number of sulfonamides is 1. The van der Waals surface area contributed by atoms with Crippen molar-refractivity contribution in [3.05, 3.63) is 76.1 Å². The highest BCUT2D eigenvalue weighted by atomic mass is 32.2. The molecule has 3 N–H and O–H groups in total. The molecule has 1 heterocycles. The Balaban J connectivity index is 1.93. The second-order valence-electron chi connectivity index (χ2n) is 9.52. The van der Waals surface area contributed by atoms with E-state index in [0.29, 0.717) is 24.3 Å². The van der Waals surface area contributed by atoms with Crippen molar-refractivity contribution in [3.63, 3.8) is 0 Å². The third-order valence-electron chi connectivity index (χ3n) is 5.59. The van der Waals surface area contributed by atoms with Gasteiger partial charge in [-0.15, -0.1) is 0 Å². The summed E-state index contributed by atoms with van der Waals surface area (Å²) in [5.41, 5.74) is 11.4. The number of nitrogens with one attached hydrogen (secondary N) is 1. The summed E-state index contributed by atoms with van der Waals surface area (Å²) in [6.45, 7) is 12.7. The minimum absolute atomic E-state index is 0.0659. The second kappa shape index (κ2) is 9.02. The van der Waals surface area contributed by atoms with Crippen LogP contribution < -0.4 is 10.5 Å². The van der Waals surface area contributed by atoms with Crippen LogP contribution in [0.3, 0.4) is 0 Å². The van der Waals surface area contributed by atoms with E-state index in [0.717, 1.165) is 0 Å². The monoisotopic (exact) mass is 468 g/mol. The molecule has 0 aliphatic carbocycles. The standard InChI is InChI=1S/C25H32N4O3S/c1-16-12-17(2)21(18(3)13-16)10-11-29-22(15-23(27-29)25(4,5)6)24(30)28-33(31,32)20-9-7-8-19(26)14-20/h7-9,12-15H,10-11,26H2,1-6H3,(H,28,30). The first kappa shape index (κ1) is 24.5. The fourth-order valence-corrected chi connectivity index (χ4v) is 4.89. The van der Waals surface area contributed by atoms with E-state index in [2.05, 4.69) is 42.7 Å². The van der Waals surface area contributed by atoms with Gasteiger partial charge >= 0.3 is 0 Å². The Hall–Kier alpha value is -3.13. The van der Waals surface area contributed by atoms with Crippen molar-refractivity contribution in [2.45, 2.75) is 64.8 Å². The van der Waals surface area contributed by atoms with E-state index in [-0.39, 0.29) is 16.0 Å². The Morgan fingerprint density at radius 1 is 1.06 bits per heavy atom. The summed E-state index contributed by atoms with van der Waals surface area (Å²) >= 11 is 0. The molecule has 0 bridgehead atoms. The van der Waals surface area contributed by atoms with Crippen molar-refractivity contribution in [3.8, 4) is 0 Å². The predicted octanol–water partition coefficient (Wildman–Crippen LogP) is 4.05. The number of benzene rings is 2. The number of nitrogen functional groups attached to an aromatic ring is 1. The maximum Gasteiger partial charge on any atom is 0.283 e. The van der Waals surface area contributed by atoms with E-state index in [9.17, 15) is 13.2 Å². The third-order valence-corrected chi connectivity index (χ3v) is 6.92. The van der Waals surface area contributed by atoms with E-state index in [1.165, 1.54) is 40.5 Å². The number of nitrogens with zero attached hydrogens (tertiary/aromatic N) is 2. The van der Waals surface area contributed by atoms with Gasteiger partial charge in [0.05, 0.1) is 10.6 Å². The number of carbonyl (C=O) groups excluding carboxylic acids is 1. The van der Waals surface area contributed by atoms with Crippen LogP contribution in [0.4, 0.5) is 5.69 Å². The Bertz CT molecular complexity index is 1280. The summed E-state index contributed by atoms with van der Waals surface area (Å²) in [7, 11) is -4.08. The van der Waals surface area contributed by atoms with Gasteiger partial charge in [-0.3, -0.25) is 9.48 Å². The quantitative estimate of drug-likeness (QED) is 0.531. The topological polar surface area (TPSA) is 107 Å². The molecule has 0 radical (unpaired) electrons. The summed E-state index contributed by atoms with van der Waals surface area (Å²) in [4.78, 5) is 13.0. The van der Waals surface area contributed by atoms with Gasteiger partial charge in [0.15, 0.2) is 0 Å². The first-order valence-corrected chi connectivity index (χ1v) is 12.3. The molecule has 0 unspecified atom stereocenters. The molecule has 33 heavy (non-hydrogen) atoms. The lowest BCUT2D eigenvalue weighted by atomic mass is 9.92. The van der Waals surface area contributed by atoms with Crippen LogP contribution >= 0.6 is 0 Å². The van der Waals surface area contributed by atoms with Crippen molar-refractivity contribution in [1.82, 2.24) is 14.5 Å². The Kier molecular flexibility index (Phi) is 6.70. The molecule has 3 rings (SSSR count). The van der Waals surface area contributed by atoms with Crippen LogP contribution in [0, 0.1) is 20.8 Å². The van der Waals surface area contributed by atoms with Crippen molar-refractivity contribution in [1.29, 1.82) is 0 Å². The molecule has 0 saturated heterocycles. The molecule has 3 aromatic rings. The van der Waals surface area contributed by atoms with Crippen LogP contribution in [0.2, 0.25) is 0 Å². The van der Waals surface area contributed by atoms with E-state index in [1.54, 1.807) is 16.8 Å². The lowest BCUT2D eigenvalue weighted by Crippen LogP contribution is -2.32. The molecule has 0 aliphatic heterocycles. The first-order chi connectivity index (χ1) is 15.3. The average Bonchev–Trinajstić information content (AvgIpc) is 3.12. The number of rotatable bonds is 6. The summed E-state index contributed by atoms with van der Waals surface area (Å²) in [5, 5.41) is 4.65. The van der Waals surface area contributed by atoms with Crippen LogP contribution in [0.25, 0.3) is 0 Å². The first-order valence-electron chi connectivity index (χ1n) is 10.9. The molecule has 0 aliphatic rings. The maximum absolute atomic E-state index is 13.1. The molecule has 0 fully saturated rings. The Labute approximate surface area is 196 Å². The maximum atomic E-state index is 13.1. The van der Waals surface area contributed by atoms with E-state index < -0.39 is 15.9 Å². The zero-order chi connectivity index (χ0) is 24.6. The highest BCUT2D eigenvalue weighted by Gasteiger charge is 2.26. The van der Waals surface area contributed by atoms with Crippen LogP contribution in [0.15, 0.2) is 47.4 Å². The number of carbonyl (C=O) groups is 1. The number of aromatic nitrogens is 2. The van der Waals surface area contributed by atoms with Gasteiger partial charge in [0.25, 0.3) is 15.9 Å². The summed E-state index contributed by atoms with van der Waals surface area (Å²) in [6, 6.07) is 11.8. The van der Waals surface area contributed by atoms with Crippen molar-refractivity contribution in [2.24, 2.45) is 0 Å². The zero-order valence-electron chi connectivity index (χ0n) is 20.1. The summed E-state index contributed by atoms with van der Waals surface area (Å²) < 4.78 is 29.3. The van der Waals surface area contributed by atoms with Crippen LogP contribution in [0.5, 0.6) is 0 Å². The molecule has 8 heteroatoms. The second-order valence-corrected chi connectivity index (χ2v) is 11.2. The number of hydrogen-bond donors (Lipinski definition) is 2. The van der Waals surface area contributed by atoms with E-state index in [4.69, 9.17) is 5.73 Å².